The lowest BCUT2D eigenvalue weighted by atomic mass is 10.1. The molecule has 0 saturated carbocycles. The van der Waals surface area contributed by atoms with Crippen molar-refractivity contribution in [2.45, 2.75) is 33.6 Å². The van der Waals surface area contributed by atoms with Crippen molar-refractivity contribution in [2.75, 3.05) is 19.8 Å². The molecule has 1 rings (SSSR count). The van der Waals surface area contributed by atoms with Crippen LogP contribution in [-0.2, 0) is 11.3 Å². The normalized spacial score (nSPS) is 11.2. The Kier molecular flexibility index (Phi) is 10.2. The minimum absolute atomic E-state index is 0.356. The molecule has 0 aliphatic carbocycles. The summed E-state index contributed by atoms with van der Waals surface area (Å²) in [5.41, 5.74) is 1.86. The summed E-state index contributed by atoms with van der Waals surface area (Å²) in [6.07, 6.45) is 3.53. The summed E-state index contributed by atoms with van der Waals surface area (Å²) in [6.45, 7) is 6.92. The topological polar surface area (TPSA) is 40.0 Å². The second kappa shape index (κ2) is 11.6. The monoisotopic (exact) mass is 437 g/mol. The molecule has 4 nitrogen and oxygen atoms in total. The zero-order valence-corrected chi connectivity index (χ0v) is 17.2. The molecule has 0 aliphatic rings. The van der Waals surface area contributed by atoms with Crippen LogP contribution in [0, 0.1) is 0 Å². The van der Waals surface area contributed by atoms with Gasteiger partial charge in [0, 0.05) is 6.07 Å². The maximum atomic E-state index is 6.35. The zero-order chi connectivity index (χ0) is 17.9. The van der Waals surface area contributed by atoms with Crippen molar-refractivity contribution >= 4 is 44.8 Å². The SMILES string of the molecule is CCCc1cc(OC/C=C(\Cl)Br)cc(Cl)c1OCCON=C(C)C. The van der Waals surface area contributed by atoms with Gasteiger partial charge in [-0.2, -0.15) is 0 Å². The largest absolute Gasteiger partial charge is 0.489 e. The second-order valence-corrected chi connectivity index (χ2v) is 7.29. The molecule has 0 fully saturated rings. The Morgan fingerprint density at radius 1 is 1.25 bits per heavy atom. The van der Waals surface area contributed by atoms with Crippen LogP contribution in [0.2, 0.25) is 5.02 Å². The van der Waals surface area contributed by atoms with E-state index in [1.807, 2.05) is 19.9 Å². The van der Waals surface area contributed by atoms with Gasteiger partial charge in [0.15, 0.2) is 6.61 Å². The first-order valence-electron chi connectivity index (χ1n) is 7.66. The van der Waals surface area contributed by atoms with Crippen LogP contribution in [0.25, 0.3) is 0 Å². The van der Waals surface area contributed by atoms with Crippen LogP contribution in [0.1, 0.15) is 32.8 Å². The maximum absolute atomic E-state index is 6.35. The third-order valence-corrected chi connectivity index (χ3v) is 3.53. The van der Waals surface area contributed by atoms with Gasteiger partial charge in [-0.1, -0.05) is 41.7 Å². The minimum atomic E-state index is 0.356. The molecule has 0 atom stereocenters. The van der Waals surface area contributed by atoms with Gasteiger partial charge in [-0.05, 0) is 53.9 Å². The lowest BCUT2D eigenvalue weighted by molar-refractivity contribution is 0.106. The Bertz CT molecular complexity index is 583. The Morgan fingerprint density at radius 3 is 2.62 bits per heavy atom. The highest BCUT2D eigenvalue weighted by Gasteiger charge is 2.12. The predicted molar refractivity (Wildman–Crippen MR) is 104 cm³/mol. The highest BCUT2D eigenvalue weighted by molar-refractivity contribution is 9.12. The van der Waals surface area contributed by atoms with Gasteiger partial charge in [0.05, 0.1) is 14.7 Å². The maximum Gasteiger partial charge on any atom is 0.151 e. The van der Waals surface area contributed by atoms with E-state index in [4.69, 9.17) is 37.5 Å². The predicted octanol–water partition coefficient (Wildman–Crippen LogP) is 5.94. The lowest BCUT2D eigenvalue weighted by Gasteiger charge is -2.15. The number of hydrogen-bond acceptors (Lipinski definition) is 4. The van der Waals surface area contributed by atoms with E-state index in [0.717, 1.165) is 24.1 Å². The fourth-order valence-electron chi connectivity index (χ4n) is 1.88. The van der Waals surface area contributed by atoms with E-state index in [2.05, 4.69) is 28.0 Å². The van der Waals surface area contributed by atoms with Crippen LogP contribution >= 0.6 is 39.1 Å². The van der Waals surface area contributed by atoms with Gasteiger partial charge in [-0.3, -0.25) is 0 Å². The van der Waals surface area contributed by atoms with Gasteiger partial charge in [-0.15, -0.1) is 0 Å². The Balaban J connectivity index is 2.75. The summed E-state index contributed by atoms with van der Waals surface area (Å²) >= 11 is 15.2. The van der Waals surface area contributed by atoms with E-state index < -0.39 is 0 Å². The Morgan fingerprint density at radius 2 is 2.00 bits per heavy atom. The highest BCUT2D eigenvalue weighted by Crippen LogP contribution is 2.34. The number of ether oxygens (including phenoxy) is 2. The molecule has 1 aromatic rings. The number of nitrogens with zero attached hydrogens (tertiary/aromatic N) is 1. The summed E-state index contributed by atoms with van der Waals surface area (Å²) in [5, 5.41) is 4.38. The Hall–Kier alpha value is -0.910. The fraction of sp³-hybridized carbons (Fsp3) is 0.471. The van der Waals surface area contributed by atoms with Crippen molar-refractivity contribution in [1.82, 2.24) is 0 Å². The van der Waals surface area contributed by atoms with E-state index in [1.165, 1.54) is 0 Å². The first kappa shape index (κ1) is 21.1. The molecule has 0 amide bonds. The van der Waals surface area contributed by atoms with Crippen molar-refractivity contribution in [1.29, 1.82) is 0 Å². The van der Waals surface area contributed by atoms with Gasteiger partial charge in [0.2, 0.25) is 0 Å². The van der Waals surface area contributed by atoms with Crippen LogP contribution in [0.15, 0.2) is 27.3 Å². The number of rotatable bonds is 10. The molecule has 0 N–H and O–H groups in total. The number of hydrogen-bond donors (Lipinski definition) is 0. The minimum Gasteiger partial charge on any atom is -0.489 e. The first-order chi connectivity index (χ1) is 11.4. The standard InChI is InChI=1S/C17H22BrCl2NO3/c1-4-5-13-10-14(22-7-6-16(18)20)11-15(19)17(13)23-8-9-24-21-12(2)3/h6,10-11H,4-5,7-9H2,1-3H3/b16-6-. The average molecular weight is 439 g/mol. The van der Waals surface area contributed by atoms with E-state index in [9.17, 15) is 0 Å². The summed E-state index contributed by atoms with van der Waals surface area (Å²) < 4.78 is 11.9. The summed E-state index contributed by atoms with van der Waals surface area (Å²) in [6, 6.07) is 3.68. The van der Waals surface area contributed by atoms with Crippen LogP contribution in [0.5, 0.6) is 11.5 Å². The molecule has 0 unspecified atom stereocenters. The van der Waals surface area contributed by atoms with Gasteiger partial charge in [0.25, 0.3) is 0 Å². The van der Waals surface area contributed by atoms with Crippen molar-refractivity contribution in [3.05, 3.63) is 32.7 Å². The molecule has 1 aromatic carbocycles. The quantitative estimate of drug-likeness (QED) is 0.258. The van der Waals surface area contributed by atoms with Crippen molar-refractivity contribution in [3.8, 4) is 11.5 Å². The summed E-state index contributed by atoms with van der Waals surface area (Å²) in [4.78, 5) is 5.13. The molecule has 24 heavy (non-hydrogen) atoms. The molecule has 0 aromatic heterocycles. The first-order valence-corrected chi connectivity index (χ1v) is 9.21. The molecule has 0 heterocycles. The van der Waals surface area contributed by atoms with Crippen LogP contribution in [-0.4, -0.2) is 25.5 Å². The third-order valence-electron chi connectivity index (χ3n) is 2.77. The molecule has 0 saturated heterocycles. The van der Waals surface area contributed by atoms with Crippen molar-refractivity contribution < 1.29 is 14.3 Å². The molecule has 134 valence electrons. The van der Waals surface area contributed by atoms with Gasteiger partial charge < -0.3 is 14.3 Å². The average Bonchev–Trinajstić information content (AvgIpc) is 2.48. The number of oxime groups is 1. The number of benzene rings is 1. The second-order valence-electron chi connectivity index (χ2n) is 5.17. The van der Waals surface area contributed by atoms with Crippen LogP contribution in [0.4, 0.5) is 0 Å². The van der Waals surface area contributed by atoms with E-state index in [-0.39, 0.29) is 0 Å². The Labute approximate surface area is 161 Å². The van der Waals surface area contributed by atoms with E-state index in [1.54, 1.807) is 12.1 Å². The van der Waals surface area contributed by atoms with Crippen LogP contribution in [0.3, 0.4) is 0 Å². The smallest absolute Gasteiger partial charge is 0.151 e. The van der Waals surface area contributed by atoms with Crippen LogP contribution < -0.4 is 9.47 Å². The van der Waals surface area contributed by atoms with Gasteiger partial charge in [0.1, 0.15) is 24.7 Å². The summed E-state index contributed by atoms with van der Waals surface area (Å²) in [5.74, 6) is 1.35. The van der Waals surface area contributed by atoms with Gasteiger partial charge in [-0.25, -0.2) is 0 Å². The molecule has 0 aliphatic heterocycles. The van der Waals surface area contributed by atoms with E-state index >= 15 is 0 Å². The molecular weight excluding hydrogens is 417 g/mol. The van der Waals surface area contributed by atoms with Crippen molar-refractivity contribution in [2.24, 2.45) is 5.16 Å². The molecule has 7 heteroatoms. The lowest BCUT2D eigenvalue weighted by Crippen LogP contribution is -2.07. The van der Waals surface area contributed by atoms with Gasteiger partial charge >= 0.3 is 0 Å². The van der Waals surface area contributed by atoms with E-state index in [0.29, 0.717) is 40.3 Å². The molecule has 0 bridgehead atoms. The number of halogens is 3. The fourth-order valence-corrected chi connectivity index (χ4v) is 2.36. The number of aryl methyl sites for hydroxylation is 1. The molecule has 0 radical (unpaired) electrons. The highest BCUT2D eigenvalue weighted by atomic mass is 79.9. The van der Waals surface area contributed by atoms with Crippen molar-refractivity contribution in [3.63, 3.8) is 0 Å². The molecular formula is C17H22BrCl2NO3. The third kappa shape index (κ3) is 8.27. The summed E-state index contributed by atoms with van der Waals surface area (Å²) in [7, 11) is 0. The zero-order valence-electron chi connectivity index (χ0n) is 14.1. The molecule has 0 spiro atoms.